The number of guanidine groups is 1. The van der Waals surface area contributed by atoms with Gasteiger partial charge in [0, 0.05) is 39.8 Å². The molecule has 166 valence electrons. The first-order valence-electron chi connectivity index (χ1n) is 10.9. The number of morpholine rings is 1. The molecule has 9 heteroatoms. The number of ether oxygens (including phenoxy) is 1. The lowest BCUT2D eigenvalue weighted by Gasteiger charge is -2.26. The molecule has 1 saturated carbocycles. The highest BCUT2D eigenvalue weighted by Gasteiger charge is 2.14. The van der Waals surface area contributed by atoms with Crippen LogP contribution in [0.2, 0.25) is 0 Å². The fourth-order valence-electron chi connectivity index (χ4n) is 3.97. The first-order valence-corrected chi connectivity index (χ1v) is 10.9. The first kappa shape index (κ1) is 24.3. The summed E-state index contributed by atoms with van der Waals surface area (Å²) in [6.45, 7) is 9.06. The highest BCUT2D eigenvalue weighted by Crippen LogP contribution is 2.28. The van der Waals surface area contributed by atoms with Gasteiger partial charge in [-0.2, -0.15) is 0 Å². The molecule has 0 bridgehead atoms. The number of nitrogens with one attached hydrogen (secondary N) is 2. The molecule has 2 heterocycles. The van der Waals surface area contributed by atoms with E-state index in [1.54, 1.807) is 0 Å². The molecule has 1 aliphatic carbocycles. The van der Waals surface area contributed by atoms with Crippen LogP contribution >= 0.6 is 24.0 Å². The van der Waals surface area contributed by atoms with Crippen LogP contribution in [0.25, 0.3) is 0 Å². The highest BCUT2D eigenvalue weighted by molar-refractivity contribution is 14.0. The van der Waals surface area contributed by atoms with Crippen LogP contribution in [0.15, 0.2) is 4.99 Å². The maximum atomic E-state index is 5.42. The predicted octanol–water partition coefficient (Wildman–Crippen LogP) is 2.08. The zero-order chi connectivity index (χ0) is 19.6. The van der Waals surface area contributed by atoms with Crippen molar-refractivity contribution in [1.29, 1.82) is 0 Å². The third-order valence-electron chi connectivity index (χ3n) is 5.94. The van der Waals surface area contributed by atoms with E-state index in [4.69, 9.17) is 9.73 Å². The van der Waals surface area contributed by atoms with E-state index in [0.29, 0.717) is 6.54 Å². The number of hydrogen-bond donors (Lipinski definition) is 2. The van der Waals surface area contributed by atoms with Crippen LogP contribution in [0, 0.1) is 12.8 Å². The molecule has 1 aromatic heterocycles. The van der Waals surface area contributed by atoms with E-state index in [0.717, 1.165) is 69.5 Å². The lowest BCUT2D eigenvalue weighted by Crippen LogP contribution is -2.44. The van der Waals surface area contributed by atoms with E-state index in [9.17, 15) is 0 Å². The quantitative estimate of drug-likeness (QED) is 0.225. The molecular formula is C20H38IN7O. The van der Waals surface area contributed by atoms with Crippen LogP contribution in [0.5, 0.6) is 0 Å². The summed E-state index contributed by atoms with van der Waals surface area (Å²) in [7, 11) is 1.99. The zero-order valence-electron chi connectivity index (χ0n) is 18.0. The molecule has 0 spiro atoms. The van der Waals surface area contributed by atoms with Gasteiger partial charge in [0.25, 0.3) is 0 Å². The highest BCUT2D eigenvalue weighted by atomic mass is 127. The van der Waals surface area contributed by atoms with Crippen LogP contribution in [0.3, 0.4) is 0 Å². The third kappa shape index (κ3) is 8.37. The van der Waals surface area contributed by atoms with Crippen molar-refractivity contribution in [2.45, 2.75) is 52.0 Å². The van der Waals surface area contributed by atoms with E-state index in [1.165, 1.54) is 38.5 Å². The second-order valence-corrected chi connectivity index (χ2v) is 7.99. The first-order chi connectivity index (χ1) is 13.7. The van der Waals surface area contributed by atoms with E-state index in [2.05, 4.69) is 25.7 Å². The maximum Gasteiger partial charge on any atom is 0.191 e. The van der Waals surface area contributed by atoms with Crippen LogP contribution < -0.4 is 10.6 Å². The molecule has 1 aromatic rings. The van der Waals surface area contributed by atoms with Crippen LogP contribution in [0.1, 0.15) is 50.2 Å². The summed E-state index contributed by atoms with van der Waals surface area (Å²) in [4.78, 5) is 7.18. The van der Waals surface area contributed by atoms with Crippen molar-refractivity contribution in [3.8, 4) is 0 Å². The Morgan fingerprint density at radius 2 is 1.86 bits per heavy atom. The minimum absolute atomic E-state index is 0. The molecule has 2 N–H and O–H groups in total. The topological polar surface area (TPSA) is 79.6 Å². The molecule has 3 rings (SSSR count). The van der Waals surface area contributed by atoms with Gasteiger partial charge < -0.3 is 19.9 Å². The Balaban J connectivity index is 0.00000300. The van der Waals surface area contributed by atoms with Crippen molar-refractivity contribution in [3.63, 3.8) is 0 Å². The summed E-state index contributed by atoms with van der Waals surface area (Å²) < 4.78 is 7.42. The van der Waals surface area contributed by atoms with Crippen LogP contribution in [-0.2, 0) is 18.3 Å². The van der Waals surface area contributed by atoms with Gasteiger partial charge in [0.05, 0.1) is 13.2 Å². The normalized spacial score (nSPS) is 18.6. The van der Waals surface area contributed by atoms with Crippen molar-refractivity contribution in [2.75, 3.05) is 45.9 Å². The van der Waals surface area contributed by atoms with E-state index in [1.807, 2.05) is 18.5 Å². The minimum atomic E-state index is 0. The number of nitrogens with zero attached hydrogens (tertiary/aromatic N) is 5. The van der Waals surface area contributed by atoms with Gasteiger partial charge in [0.15, 0.2) is 11.8 Å². The summed E-state index contributed by atoms with van der Waals surface area (Å²) in [5, 5.41) is 15.3. The monoisotopic (exact) mass is 519 g/mol. The van der Waals surface area contributed by atoms with Gasteiger partial charge in [0.1, 0.15) is 12.4 Å². The second kappa shape index (κ2) is 13.4. The molecule has 0 atom stereocenters. The van der Waals surface area contributed by atoms with Gasteiger partial charge in [-0.3, -0.25) is 4.90 Å². The van der Waals surface area contributed by atoms with E-state index in [-0.39, 0.29) is 24.0 Å². The molecule has 29 heavy (non-hydrogen) atoms. The molecule has 2 fully saturated rings. The Hall–Kier alpha value is -0.940. The molecular weight excluding hydrogens is 481 g/mol. The van der Waals surface area contributed by atoms with Crippen molar-refractivity contribution in [3.05, 3.63) is 11.6 Å². The third-order valence-corrected chi connectivity index (χ3v) is 5.94. The summed E-state index contributed by atoms with van der Waals surface area (Å²) in [5.74, 6) is 3.62. The van der Waals surface area contributed by atoms with E-state index < -0.39 is 0 Å². The molecule has 2 aliphatic rings. The maximum absolute atomic E-state index is 5.42. The zero-order valence-corrected chi connectivity index (χ0v) is 20.4. The van der Waals surface area contributed by atoms with Gasteiger partial charge in [-0.05, 0) is 25.7 Å². The van der Waals surface area contributed by atoms with Crippen LogP contribution in [-0.4, -0.2) is 71.6 Å². The SMILES string of the molecule is Cc1nnc(CN=C(NCCCC2CCCC2)NCCN2CCOCC2)n1C.I. The summed E-state index contributed by atoms with van der Waals surface area (Å²) in [6, 6.07) is 0. The molecule has 1 saturated heterocycles. The largest absolute Gasteiger partial charge is 0.379 e. The molecule has 0 amide bonds. The lowest BCUT2D eigenvalue weighted by molar-refractivity contribution is 0.0389. The number of halogens is 1. The van der Waals surface area contributed by atoms with Gasteiger partial charge in [0.2, 0.25) is 0 Å². The Labute approximate surface area is 192 Å². The lowest BCUT2D eigenvalue weighted by atomic mass is 10.0. The van der Waals surface area contributed by atoms with Gasteiger partial charge in [-0.25, -0.2) is 4.99 Å². The van der Waals surface area contributed by atoms with Crippen molar-refractivity contribution in [2.24, 2.45) is 18.0 Å². The molecule has 8 nitrogen and oxygen atoms in total. The predicted molar refractivity (Wildman–Crippen MR) is 127 cm³/mol. The Kier molecular flexibility index (Phi) is 11.2. The molecule has 0 radical (unpaired) electrons. The standard InChI is InChI=1S/C20H37N7O.HI/c1-17-24-25-19(26(17)2)16-23-20(21-9-5-8-18-6-3-4-7-18)22-10-11-27-12-14-28-15-13-27;/h18H,3-16H2,1-2H3,(H2,21,22,23);1H. The average molecular weight is 519 g/mol. The second-order valence-electron chi connectivity index (χ2n) is 7.99. The number of aliphatic imine (C=N–C) groups is 1. The number of aryl methyl sites for hydroxylation is 1. The van der Waals surface area contributed by atoms with E-state index >= 15 is 0 Å². The molecule has 0 unspecified atom stereocenters. The fraction of sp³-hybridized carbons (Fsp3) is 0.850. The van der Waals surface area contributed by atoms with Crippen molar-refractivity contribution in [1.82, 2.24) is 30.3 Å². The molecule has 0 aromatic carbocycles. The Morgan fingerprint density at radius 1 is 1.14 bits per heavy atom. The Bertz CT molecular complexity index is 610. The van der Waals surface area contributed by atoms with Gasteiger partial charge in [-0.1, -0.05) is 25.7 Å². The minimum Gasteiger partial charge on any atom is -0.379 e. The van der Waals surface area contributed by atoms with Crippen LogP contribution in [0.4, 0.5) is 0 Å². The van der Waals surface area contributed by atoms with Crippen molar-refractivity contribution < 1.29 is 4.74 Å². The number of hydrogen-bond acceptors (Lipinski definition) is 5. The molecule has 1 aliphatic heterocycles. The number of aromatic nitrogens is 3. The summed E-state index contributed by atoms with van der Waals surface area (Å²) in [6.07, 6.45) is 8.22. The smallest absolute Gasteiger partial charge is 0.191 e. The Morgan fingerprint density at radius 3 is 2.55 bits per heavy atom. The summed E-state index contributed by atoms with van der Waals surface area (Å²) in [5.41, 5.74) is 0. The van der Waals surface area contributed by atoms with Gasteiger partial charge in [-0.15, -0.1) is 34.2 Å². The van der Waals surface area contributed by atoms with Gasteiger partial charge >= 0.3 is 0 Å². The number of rotatable bonds is 9. The fourth-order valence-corrected chi connectivity index (χ4v) is 3.97. The average Bonchev–Trinajstić information content (AvgIpc) is 3.34. The summed E-state index contributed by atoms with van der Waals surface area (Å²) >= 11 is 0. The van der Waals surface area contributed by atoms with Crippen molar-refractivity contribution >= 4 is 29.9 Å².